The molecule has 1 aliphatic heterocycles. The lowest BCUT2D eigenvalue weighted by atomic mass is 10.1. The lowest BCUT2D eigenvalue weighted by Gasteiger charge is -2.07. The van der Waals surface area contributed by atoms with Gasteiger partial charge in [0.25, 0.3) is 5.91 Å². The van der Waals surface area contributed by atoms with E-state index in [-0.39, 0.29) is 5.57 Å². The number of nitrogens with one attached hydrogen (secondary N) is 1. The first-order valence-electron chi connectivity index (χ1n) is 11.1. The number of carbonyl (C=O) groups excluding carboxylic acids is 1. The molecule has 0 fully saturated rings. The lowest BCUT2D eigenvalue weighted by Crippen LogP contribution is -2.13. The number of carbonyl (C=O) groups is 1. The molecule has 6 nitrogen and oxygen atoms in total. The fourth-order valence-corrected chi connectivity index (χ4v) is 4.47. The number of anilines is 1. The van der Waals surface area contributed by atoms with E-state index in [1.165, 1.54) is 19.3 Å². The van der Waals surface area contributed by atoms with Gasteiger partial charge < -0.3 is 14.5 Å². The zero-order valence-electron chi connectivity index (χ0n) is 18.5. The maximum atomic E-state index is 12.8. The second kappa shape index (κ2) is 8.81. The fourth-order valence-electron chi connectivity index (χ4n) is 4.47. The highest BCUT2D eigenvalue weighted by molar-refractivity contribution is 6.10. The van der Waals surface area contributed by atoms with E-state index in [9.17, 15) is 10.1 Å². The molecule has 0 spiro atoms. The van der Waals surface area contributed by atoms with Crippen molar-refractivity contribution in [1.82, 2.24) is 14.1 Å². The molecular formula is C25H29N5O. The van der Waals surface area contributed by atoms with Crippen molar-refractivity contribution in [2.75, 3.05) is 5.32 Å². The summed E-state index contributed by atoms with van der Waals surface area (Å²) in [5, 5.41) is 12.5. The van der Waals surface area contributed by atoms with E-state index in [2.05, 4.69) is 27.4 Å². The van der Waals surface area contributed by atoms with Crippen LogP contribution < -0.4 is 5.32 Å². The summed E-state index contributed by atoms with van der Waals surface area (Å²) in [4.78, 5) is 17.6. The van der Waals surface area contributed by atoms with Crippen molar-refractivity contribution in [1.29, 1.82) is 5.26 Å². The monoisotopic (exact) mass is 415 g/mol. The quantitative estimate of drug-likeness (QED) is 0.463. The summed E-state index contributed by atoms with van der Waals surface area (Å²) in [6.45, 7) is 8.13. The number of aromatic nitrogens is 3. The molecule has 4 rings (SSSR count). The van der Waals surface area contributed by atoms with Crippen LogP contribution in [-0.2, 0) is 24.3 Å². The predicted molar refractivity (Wildman–Crippen MR) is 124 cm³/mol. The number of hydrogen-bond acceptors (Lipinski definition) is 3. The number of fused-ring (bicyclic) bond motifs is 3. The van der Waals surface area contributed by atoms with Gasteiger partial charge in [-0.25, -0.2) is 4.98 Å². The highest BCUT2D eigenvalue weighted by Gasteiger charge is 2.16. The van der Waals surface area contributed by atoms with E-state index in [1.54, 1.807) is 6.08 Å². The molecule has 1 N–H and O–H groups in total. The van der Waals surface area contributed by atoms with Crippen LogP contribution in [0.2, 0.25) is 0 Å². The molecule has 0 saturated heterocycles. The third kappa shape index (κ3) is 4.13. The van der Waals surface area contributed by atoms with Crippen LogP contribution in [0.1, 0.15) is 55.4 Å². The van der Waals surface area contributed by atoms with Gasteiger partial charge in [0.15, 0.2) is 0 Å². The Hall–Kier alpha value is -3.33. The summed E-state index contributed by atoms with van der Waals surface area (Å²) < 4.78 is 4.51. The standard InChI is InChI=1S/C25H29N5O/c1-4-11-29-17(2)13-19(18(29)3)14-20(16-26)25(31)27-21-9-10-23-22(15-21)28-24-8-6-5-7-12-30(23)24/h9-10,13-15H,4-8,11-12H2,1-3H3,(H,27,31)/b20-14+. The van der Waals surface area contributed by atoms with Gasteiger partial charge in [-0.3, -0.25) is 4.79 Å². The Kier molecular flexibility index (Phi) is 5.94. The van der Waals surface area contributed by atoms with Crippen molar-refractivity contribution >= 4 is 28.7 Å². The van der Waals surface area contributed by atoms with Crippen molar-refractivity contribution in [3.05, 3.63) is 52.6 Å². The molecule has 1 aromatic carbocycles. The number of nitrogens with zero attached hydrogens (tertiary/aromatic N) is 4. The van der Waals surface area contributed by atoms with Crippen LogP contribution in [0.15, 0.2) is 29.8 Å². The summed E-state index contributed by atoms with van der Waals surface area (Å²) in [7, 11) is 0. The van der Waals surface area contributed by atoms with Crippen LogP contribution in [0.25, 0.3) is 17.1 Å². The molecule has 0 atom stereocenters. The highest BCUT2D eigenvalue weighted by Crippen LogP contribution is 2.25. The molecule has 0 aliphatic carbocycles. The minimum Gasteiger partial charge on any atom is -0.349 e. The average Bonchev–Trinajstić information content (AvgIpc) is 3.11. The summed E-state index contributed by atoms with van der Waals surface area (Å²) >= 11 is 0. The van der Waals surface area contributed by atoms with E-state index < -0.39 is 5.91 Å². The second-order valence-corrected chi connectivity index (χ2v) is 8.30. The molecule has 1 amide bonds. The Balaban J connectivity index is 1.58. The van der Waals surface area contributed by atoms with Crippen molar-refractivity contribution in [3.8, 4) is 6.07 Å². The smallest absolute Gasteiger partial charge is 0.266 e. The van der Waals surface area contributed by atoms with E-state index >= 15 is 0 Å². The van der Waals surface area contributed by atoms with Crippen molar-refractivity contribution in [2.45, 2.75) is 66.0 Å². The lowest BCUT2D eigenvalue weighted by molar-refractivity contribution is -0.112. The van der Waals surface area contributed by atoms with Gasteiger partial charge in [0.05, 0.1) is 11.0 Å². The van der Waals surface area contributed by atoms with Crippen LogP contribution in [0.3, 0.4) is 0 Å². The van der Waals surface area contributed by atoms with E-state index in [0.29, 0.717) is 5.69 Å². The molecular weight excluding hydrogens is 386 g/mol. The minimum atomic E-state index is -0.400. The first-order valence-corrected chi connectivity index (χ1v) is 11.1. The van der Waals surface area contributed by atoms with E-state index in [0.717, 1.165) is 59.7 Å². The Bertz CT molecular complexity index is 1200. The van der Waals surface area contributed by atoms with Gasteiger partial charge in [0.2, 0.25) is 0 Å². The molecule has 0 saturated carbocycles. The number of aryl methyl sites for hydroxylation is 3. The Morgan fingerprint density at radius 1 is 1.26 bits per heavy atom. The summed E-state index contributed by atoms with van der Waals surface area (Å²) in [5.41, 5.74) is 5.86. The summed E-state index contributed by atoms with van der Waals surface area (Å²) in [5.74, 6) is 0.721. The van der Waals surface area contributed by atoms with Crippen LogP contribution in [-0.4, -0.2) is 20.0 Å². The van der Waals surface area contributed by atoms with Crippen LogP contribution in [0.5, 0.6) is 0 Å². The predicted octanol–water partition coefficient (Wildman–Crippen LogP) is 5.14. The van der Waals surface area contributed by atoms with Crippen molar-refractivity contribution in [2.24, 2.45) is 0 Å². The molecule has 0 bridgehead atoms. The van der Waals surface area contributed by atoms with Gasteiger partial charge in [0, 0.05) is 36.6 Å². The molecule has 1 aliphatic rings. The normalized spacial score (nSPS) is 14.2. The summed E-state index contributed by atoms with van der Waals surface area (Å²) in [6, 6.07) is 9.90. The first kappa shape index (κ1) is 20.9. The maximum Gasteiger partial charge on any atom is 0.266 e. The van der Waals surface area contributed by atoms with Crippen molar-refractivity contribution < 1.29 is 4.79 Å². The molecule has 31 heavy (non-hydrogen) atoms. The van der Waals surface area contributed by atoms with E-state index in [4.69, 9.17) is 4.98 Å². The largest absolute Gasteiger partial charge is 0.349 e. The fraction of sp³-hybridized carbons (Fsp3) is 0.400. The third-order valence-electron chi connectivity index (χ3n) is 6.09. The SMILES string of the molecule is CCCn1c(C)cc(/C=C(\C#N)C(=O)Nc2ccc3c(c2)nc2n3CCCCC2)c1C. The molecule has 3 heterocycles. The van der Waals surface area contributed by atoms with Gasteiger partial charge >= 0.3 is 0 Å². The van der Waals surface area contributed by atoms with Gasteiger partial charge in [-0.1, -0.05) is 13.3 Å². The van der Waals surface area contributed by atoms with E-state index in [1.807, 2.05) is 38.1 Å². The average molecular weight is 416 g/mol. The van der Waals surface area contributed by atoms with Crippen molar-refractivity contribution in [3.63, 3.8) is 0 Å². The maximum absolute atomic E-state index is 12.8. The summed E-state index contributed by atoms with van der Waals surface area (Å²) in [6.07, 6.45) is 7.29. The van der Waals surface area contributed by atoms with Crippen LogP contribution in [0.4, 0.5) is 5.69 Å². The van der Waals surface area contributed by atoms with Gasteiger partial charge in [0.1, 0.15) is 17.5 Å². The minimum absolute atomic E-state index is 0.0949. The number of imidazole rings is 1. The topological polar surface area (TPSA) is 75.6 Å². The van der Waals surface area contributed by atoms with Gasteiger partial charge in [-0.15, -0.1) is 0 Å². The molecule has 0 unspecified atom stereocenters. The Labute approximate surface area is 183 Å². The highest BCUT2D eigenvalue weighted by atomic mass is 16.1. The van der Waals surface area contributed by atoms with Gasteiger partial charge in [-0.05, 0) is 69.0 Å². The number of hydrogen-bond donors (Lipinski definition) is 1. The molecule has 6 heteroatoms. The van der Waals surface area contributed by atoms with Crippen LogP contribution in [0, 0.1) is 25.2 Å². The second-order valence-electron chi connectivity index (χ2n) is 8.30. The molecule has 0 radical (unpaired) electrons. The number of amides is 1. The van der Waals surface area contributed by atoms with Gasteiger partial charge in [-0.2, -0.15) is 5.26 Å². The van der Waals surface area contributed by atoms with Crippen LogP contribution >= 0.6 is 0 Å². The number of benzene rings is 1. The zero-order chi connectivity index (χ0) is 22.0. The Morgan fingerprint density at radius 2 is 2.10 bits per heavy atom. The first-order chi connectivity index (χ1) is 15.0. The number of rotatable bonds is 5. The molecule has 160 valence electrons. The molecule has 3 aromatic rings. The third-order valence-corrected chi connectivity index (χ3v) is 6.09. The molecule has 2 aromatic heterocycles. The Morgan fingerprint density at radius 3 is 2.87 bits per heavy atom. The zero-order valence-corrected chi connectivity index (χ0v) is 18.5. The number of nitriles is 1.